The van der Waals surface area contributed by atoms with Crippen molar-refractivity contribution in [3.05, 3.63) is 95.7 Å². The Labute approximate surface area is 182 Å². The molecule has 0 atom stereocenters. The maximum Gasteiger partial charge on any atom is 0.110 e. The Hall–Kier alpha value is -3.86. The van der Waals surface area contributed by atoms with Crippen LogP contribution in [0.25, 0.3) is 22.4 Å². The molecule has 0 bridgehead atoms. The lowest BCUT2D eigenvalue weighted by atomic mass is 9.99. The summed E-state index contributed by atoms with van der Waals surface area (Å²) in [5.41, 5.74) is 10.1. The molecule has 5 heteroatoms. The lowest BCUT2D eigenvalue weighted by molar-refractivity contribution is 0.803. The van der Waals surface area contributed by atoms with Crippen LogP contribution in [0.5, 0.6) is 0 Å². The van der Waals surface area contributed by atoms with Gasteiger partial charge in [-0.1, -0.05) is 18.2 Å². The van der Waals surface area contributed by atoms with Gasteiger partial charge in [-0.2, -0.15) is 0 Å². The first-order valence-electron chi connectivity index (χ1n) is 10.4. The minimum atomic E-state index is 0.636. The van der Waals surface area contributed by atoms with Gasteiger partial charge in [0.25, 0.3) is 0 Å². The Morgan fingerprint density at radius 3 is 2.61 bits per heavy atom. The first-order chi connectivity index (χ1) is 15.2. The van der Waals surface area contributed by atoms with E-state index in [0.717, 1.165) is 34.6 Å². The number of fused-ring (bicyclic) bond motifs is 1. The van der Waals surface area contributed by atoms with Crippen LogP contribution in [0.3, 0.4) is 0 Å². The fourth-order valence-electron chi connectivity index (χ4n) is 3.95. The van der Waals surface area contributed by atoms with Crippen LogP contribution in [-0.4, -0.2) is 27.8 Å². The van der Waals surface area contributed by atoms with Gasteiger partial charge in [0, 0.05) is 60.1 Å². The highest BCUT2D eigenvalue weighted by atomic mass is 15.2. The number of hydrogen-bond acceptors (Lipinski definition) is 5. The highest BCUT2D eigenvalue weighted by molar-refractivity contribution is 5.91. The Morgan fingerprint density at radius 1 is 0.871 bits per heavy atom. The summed E-state index contributed by atoms with van der Waals surface area (Å²) in [5.74, 6) is 0. The highest BCUT2D eigenvalue weighted by Gasteiger charge is 2.16. The zero-order chi connectivity index (χ0) is 21.2. The summed E-state index contributed by atoms with van der Waals surface area (Å²) in [4.78, 5) is 20.0. The van der Waals surface area contributed by atoms with E-state index >= 15 is 0 Å². The van der Waals surface area contributed by atoms with Crippen molar-refractivity contribution in [1.29, 1.82) is 0 Å². The number of benzene rings is 1. The summed E-state index contributed by atoms with van der Waals surface area (Å²) >= 11 is 0. The lowest BCUT2D eigenvalue weighted by Gasteiger charge is -2.28. The molecule has 0 spiro atoms. The summed E-state index contributed by atoms with van der Waals surface area (Å²) in [6, 6.07) is 16.9. The van der Waals surface area contributed by atoms with Gasteiger partial charge in [0.2, 0.25) is 0 Å². The van der Waals surface area contributed by atoms with Crippen LogP contribution in [0.1, 0.15) is 22.4 Å². The minimum absolute atomic E-state index is 0.636. The molecule has 4 heterocycles. The molecule has 3 aromatic heterocycles. The Morgan fingerprint density at radius 2 is 1.81 bits per heavy atom. The number of aliphatic imine (C=N–C) groups is 1. The number of rotatable bonds is 4. The second-order valence-electron chi connectivity index (χ2n) is 7.85. The van der Waals surface area contributed by atoms with Crippen LogP contribution in [0, 0.1) is 13.8 Å². The molecule has 0 unspecified atom stereocenters. The molecule has 1 aliphatic rings. The van der Waals surface area contributed by atoms with Gasteiger partial charge < -0.3 is 4.90 Å². The van der Waals surface area contributed by atoms with Crippen LogP contribution in [0.2, 0.25) is 0 Å². The predicted octanol–water partition coefficient (Wildman–Crippen LogP) is 5.22. The van der Waals surface area contributed by atoms with Crippen molar-refractivity contribution < 1.29 is 0 Å². The summed E-state index contributed by atoms with van der Waals surface area (Å²) < 4.78 is 0. The molecule has 0 N–H and O–H groups in total. The second-order valence-corrected chi connectivity index (χ2v) is 7.85. The molecule has 0 aliphatic carbocycles. The smallest absolute Gasteiger partial charge is 0.110 e. The number of pyridine rings is 3. The normalized spacial score (nSPS) is 12.6. The van der Waals surface area contributed by atoms with Crippen molar-refractivity contribution in [2.45, 2.75) is 20.4 Å². The molecular formula is C26H23N5. The lowest BCUT2D eigenvalue weighted by Crippen LogP contribution is -2.26. The van der Waals surface area contributed by atoms with Crippen molar-refractivity contribution in [1.82, 2.24) is 15.0 Å². The van der Waals surface area contributed by atoms with Gasteiger partial charge in [-0.25, -0.2) is 0 Å². The van der Waals surface area contributed by atoms with Gasteiger partial charge in [-0.15, -0.1) is 0 Å². The van der Waals surface area contributed by atoms with E-state index in [1.807, 2.05) is 44.0 Å². The average Bonchev–Trinajstić information content (AvgIpc) is 2.80. The molecule has 5 nitrogen and oxygen atoms in total. The van der Waals surface area contributed by atoms with E-state index < -0.39 is 0 Å². The first kappa shape index (κ1) is 19.1. The Balaban J connectivity index is 1.42. The van der Waals surface area contributed by atoms with Crippen LogP contribution in [0.4, 0.5) is 5.69 Å². The Bertz CT molecular complexity index is 1260. The minimum Gasteiger partial charge on any atom is -0.347 e. The quantitative estimate of drug-likeness (QED) is 0.467. The maximum atomic E-state index is 4.69. The van der Waals surface area contributed by atoms with Crippen LogP contribution in [-0.2, 0) is 6.54 Å². The number of hydrogen-bond donors (Lipinski definition) is 0. The maximum absolute atomic E-state index is 4.69. The molecule has 152 valence electrons. The van der Waals surface area contributed by atoms with E-state index in [4.69, 9.17) is 0 Å². The summed E-state index contributed by atoms with van der Waals surface area (Å²) in [6.07, 6.45) is 9.50. The number of anilines is 1. The van der Waals surface area contributed by atoms with Gasteiger partial charge in [0.15, 0.2) is 0 Å². The zero-order valence-corrected chi connectivity index (χ0v) is 17.7. The van der Waals surface area contributed by atoms with E-state index in [1.165, 1.54) is 22.4 Å². The van der Waals surface area contributed by atoms with Gasteiger partial charge in [0.1, 0.15) is 6.67 Å². The van der Waals surface area contributed by atoms with Crippen molar-refractivity contribution in [3.8, 4) is 22.4 Å². The predicted molar refractivity (Wildman–Crippen MR) is 125 cm³/mol. The Kier molecular flexibility index (Phi) is 5.00. The SMILES string of the molecule is Cc1cc(-c2ccc(CN3CN=Cc4ccc(-c5ccncc5C)cc43)cn2)ccn1. The van der Waals surface area contributed by atoms with Crippen molar-refractivity contribution in [2.75, 3.05) is 11.6 Å². The van der Waals surface area contributed by atoms with Crippen molar-refractivity contribution in [3.63, 3.8) is 0 Å². The third-order valence-corrected chi connectivity index (χ3v) is 5.58. The van der Waals surface area contributed by atoms with E-state index in [0.29, 0.717) is 6.67 Å². The number of aromatic nitrogens is 3. The van der Waals surface area contributed by atoms with Crippen LogP contribution >= 0.6 is 0 Å². The molecule has 0 amide bonds. The van der Waals surface area contributed by atoms with Crippen LogP contribution in [0.15, 0.2) is 78.3 Å². The zero-order valence-electron chi connectivity index (χ0n) is 17.7. The molecule has 0 saturated carbocycles. The summed E-state index contributed by atoms with van der Waals surface area (Å²) in [5, 5.41) is 0. The fourth-order valence-corrected chi connectivity index (χ4v) is 3.95. The van der Waals surface area contributed by atoms with Gasteiger partial charge in [-0.05, 0) is 66.4 Å². The monoisotopic (exact) mass is 405 g/mol. The highest BCUT2D eigenvalue weighted by Crippen LogP contribution is 2.31. The molecule has 0 radical (unpaired) electrons. The van der Waals surface area contributed by atoms with Crippen molar-refractivity contribution >= 4 is 11.9 Å². The van der Waals surface area contributed by atoms with E-state index in [9.17, 15) is 0 Å². The summed E-state index contributed by atoms with van der Waals surface area (Å²) in [7, 11) is 0. The third-order valence-electron chi connectivity index (χ3n) is 5.58. The van der Waals surface area contributed by atoms with E-state index in [2.05, 4.69) is 74.2 Å². The largest absolute Gasteiger partial charge is 0.347 e. The van der Waals surface area contributed by atoms with E-state index in [-0.39, 0.29) is 0 Å². The van der Waals surface area contributed by atoms with Gasteiger partial charge in [-0.3, -0.25) is 19.9 Å². The topological polar surface area (TPSA) is 54.3 Å². The second kappa shape index (κ2) is 8.11. The molecular weight excluding hydrogens is 382 g/mol. The molecule has 1 aromatic carbocycles. The first-order valence-corrected chi connectivity index (χ1v) is 10.4. The molecule has 5 rings (SSSR count). The number of aryl methyl sites for hydroxylation is 2. The van der Waals surface area contributed by atoms with Gasteiger partial charge in [0.05, 0.1) is 5.69 Å². The third kappa shape index (κ3) is 3.94. The van der Waals surface area contributed by atoms with E-state index in [1.54, 1.807) is 0 Å². The number of nitrogens with zero attached hydrogens (tertiary/aromatic N) is 5. The fraction of sp³-hybridized carbons (Fsp3) is 0.154. The molecule has 0 fully saturated rings. The molecule has 31 heavy (non-hydrogen) atoms. The standard InChI is InChI=1S/C26H23N5/c1-18-13-27-9-8-24(18)21-4-5-23-15-28-17-31(26(23)12-21)16-20-3-6-25(30-14-20)22-7-10-29-19(2)11-22/h3-15H,16-17H2,1-2H3. The molecule has 1 aliphatic heterocycles. The summed E-state index contributed by atoms with van der Waals surface area (Å²) in [6.45, 7) is 5.48. The van der Waals surface area contributed by atoms with Gasteiger partial charge >= 0.3 is 0 Å². The van der Waals surface area contributed by atoms with Crippen LogP contribution < -0.4 is 4.90 Å². The van der Waals surface area contributed by atoms with Crippen molar-refractivity contribution in [2.24, 2.45) is 4.99 Å². The average molecular weight is 406 g/mol. The molecule has 4 aromatic rings. The molecule has 0 saturated heterocycles.